The molecule has 1 aromatic carbocycles. The van der Waals surface area contributed by atoms with Gasteiger partial charge < -0.3 is 4.74 Å². The lowest BCUT2D eigenvalue weighted by molar-refractivity contribution is -0.134. The predicted molar refractivity (Wildman–Crippen MR) is 118 cm³/mol. The maximum atomic E-state index is 12.1. The molecule has 3 nitrogen and oxygen atoms in total. The zero-order valence-corrected chi connectivity index (χ0v) is 18.0. The molecule has 28 heavy (non-hydrogen) atoms. The summed E-state index contributed by atoms with van der Waals surface area (Å²) < 4.78 is 5.44. The first-order valence-electron chi connectivity index (χ1n) is 10.3. The van der Waals surface area contributed by atoms with E-state index in [9.17, 15) is 9.59 Å². The SMILES string of the molecule is C=C(C)/C(=C/c1ccc(OC(=O)CCCCC2CCCCC2)cc1)SC(C)=O. The van der Waals surface area contributed by atoms with Gasteiger partial charge in [-0.15, -0.1) is 0 Å². The molecule has 0 bridgehead atoms. The molecule has 1 aliphatic carbocycles. The number of carbonyl (C=O) groups excluding carboxylic acids is 2. The van der Waals surface area contributed by atoms with Crippen molar-refractivity contribution >= 4 is 28.9 Å². The van der Waals surface area contributed by atoms with Crippen molar-refractivity contribution in [3.63, 3.8) is 0 Å². The highest BCUT2D eigenvalue weighted by Gasteiger charge is 2.13. The maximum absolute atomic E-state index is 12.1. The van der Waals surface area contributed by atoms with Gasteiger partial charge in [0.15, 0.2) is 5.12 Å². The summed E-state index contributed by atoms with van der Waals surface area (Å²) in [6.45, 7) is 7.34. The number of hydrogen-bond acceptors (Lipinski definition) is 4. The van der Waals surface area contributed by atoms with Gasteiger partial charge in [0.25, 0.3) is 0 Å². The van der Waals surface area contributed by atoms with Crippen LogP contribution in [-0.4, -0.2) is 11.1 Å². The predicted octanol–water partition coefficient (Wildman–Crippen LogP) is 6.93. The van der Waals surface area contributed by atoms with Gasteiger partial charge >= 0.3 is 5.97 Å². The Morgan fingerprint density at radius 3 is 2.39 bits per heavy atom. The Labute approximate surface area is 173 Å². The van der Waals surface area contributed by atoms with Crippen LogP contribution >= 0.6 is 11.8 Å². The number of esters is 1. The summed E-state index contributed by atoms with van der Waals surface area (Å²) in [5, 5.41) is 0.0308. The molecule has 0 aliphatic heterocycles. The van der Waals surface area contributed by atoms with Gasteiger partial charge in [0.05, 0.1) is 0 Å². The van der Waals surface area contributed by atoms with Crippen LogP contribution in [0.3, 0.4) is 0 Å². The molecule has 152 valence electrons. The summed E-state index contributed by atoms with van der Waals surface area (Å²) in [6, 6.07) is 7.35. The second-order valence-electron chi connectivity index (χ2n) is 7.68. The lowest BCUT2D eigenvalue weighted by Crippen LogP contribution is -2.09. The van der Waals surface area contributed by atoms with Crippen molar-refractivity contribution in [2.45, 2.75) is 71.6 Å². The van der Waals surface area contributed by atoms with Crippen LogP contribution in [0.25, 0.3) is 6.08 Å². The number of unbranched alkanes of at least 4 members (excludes halogenated alkanes) is 1. The standard InChI is InChI=1S/C24H32O3S/c1-18(2)23(28-19(3)25)17-21-13-15-22(16-14-21)27-24(26)12-8-7-11-20-9-5-4-6-10-20/h13-17,20H,1,4-12H2,2-3H3/b23-17-. The second-order valence-corrected chi connectivity index (χ2v) is 8.89. The van der Waals surface area contributed by atoms with E-state index in [-0.39, 0.29) is 11.1 Å². The molecule has 0 N–H and O–H groups in total. The highest BCUT2D eigenvalue weighted by Crippen LogP contribution is 2.28. The number of hydrogen-bond donors (Lipinski definition) is 0. The van der Waals surface area contributed by atoms with E-state index in [1.807, 2.05) is 25.1 Å². The van der Waals surface area contributed by atoms with Gasteiger partial charge in [-0.3, -0.25) is 9.59 Å². The van der Waals surface area contributed by atoms with Crippen LogP contribution in [0.1, 0.15) is 77.2 Å². The van der Waals surface area contributed by atoms with Gasteiger partial charge in [-0.25, -0.2) is 0 Å². The van der Waals surface area contributed by atoms with E-state index in [1.165, 1.54) is 50.3 Å². The fourth-order valence-corrected chi connectivity index (χ4v) is 4.22. The number of ether oxygens (including phenoxy) is 1. The molecule has 0 aromatic heterocycles. The Morgan fingerprint density at radius 2 is 1.79 bits per heavy atom. The van der Waals surface area contributed by atoms with Crippen LogP contribution < -0.4 is 4.74 Å². The Hall–Kier alpha value is -1.81. The van der Waals surface area contributed by atoms with E-state index in [4.69, 9.17) is 4.74 Å². The van der Waals surface area contributed by atoms with E-state index in [2.05, 4.69) is 6.58 Å². The largest absolute Gasteiger partial charge is 0.427 e. The fourth-order valence-electron chi connectivity index (χ4n) is 3.54. The van der Waals surface area contributed by atoms with Crippen LogP contribution in [0.5, 0.6) is 5.75 Å². The highest BCUT2D eigenvalue weighted by molar-refractivity contribution is 8.17. The van der Waals surface area contributed by atoms with Gasteiger partial charge in [-0.2, -0.15) is 0 Å². The molecule has 1 aromatic rings. The molecule has 1 aliphatic rings. The van der Waals surface area contributed by atoms with Crippen molar-refractivity contribution in [1.29, 1.82) is 0 Å². The van der Waals surface area contributed by atoms with Crippen LogP contribution in [0, 0.1) is 5.92 Å². The average molecular weight is 401 g/mol. The average Bonchev–Trinajstić information content (AvgIpc) is 2.66. The molecule has 0 heterocycles. The van der Waals surface area contributed by atoms with Crippen LogP contribution in [0.2, 0.25) is 0 Å². The lowest BCUT2D eigenvalue weighted by atomic mass is 9.86. The summed E-state index contributed by atoms with van der Waals surface area (Å²) in [5.74, 6) is 1.27. The molecule has 1 fully saturated rings. The van der Waals surface area contributed by atoms with Gasteiger partial charge in [0.1, 0.15) is 5.75 Å². The third-order valence-corrected chi connectivity index (χ3v) is 6.03. The minimum Gasteiger partial charge on any atom is -0.427 e. The minimum absolute atomic E-state index is 0.0308. The number of allylic oxidation sites excluding steroid dienone is 1. The number of benzene rings is 1. The van der Waals surface area contributed by atoms with Gasteiger partial charge in [-0.1, -0.05) is 75.4 Å². The Morgan fingerprint density at radius 1 is 1.11 bits per heavy atom. The van der Waals surface area contributed by atoms with Crippen molar-refractivity contribution in [2.24, 2.45) is 5.92 Å². The van der Waals surface area contributed by atoms with Crippen molar-refractivity contribution in [3.05, 3.63) is 46.9 Å². The minimum atomic E-state index is -0.165. The normalized spacial score (nSPS) is 15.3. The van der Waals surface area contributed by atoms with Gasteiger partial charge in [0.2, 0.25) is 0 Å². The first-order chi connectivity index (χ1) is 13.4. The quantitative estimate of drug-likeness (QED) is 0.195. The van der Waals surface area contributed by atoms with Crippen molar-refractivity contribution in [2.75, 3.05) is 0 Å². The zero-order chi connectivity index (χ0) is 20.4. The van der Waals surface area contributed by atoms with Crippen LogP contribution in [0.15, 0.2) is 41.3 Å². The molecule has 2 rings (SSSR count). The highest BCUT2D eigenvalue weighted by atomic mass is 32.2. The van der Waals surface area contributed by atoms with E-state index in [0.717, 1.165) is 34.8 Å². The van der Waals surface area contributed by atoms with Crippen LogP contribution in [0.4, 0.5) is 0 Å². The van der Waals surface area contributed by atoms with Gasteiger partial charge in [0, 0.05) is 18.2 Å². The fraction of sp³-hybridized carbons (Fsp3) is 0.500. The number of thioether (sulfide) groups is 1. The third-order valence-electron chi connectivity index (χ3n) is 5.05. The number of rotatable bonds is 9. The summed E-state index contributed by atoms with van der Waals surface area (Å²) >= 11 is 1.18. The molecule has 1 saturated carbocycles. The van der Waals surface area contributed by atoms with E-state index >= 15 is 0 Å². The molecule has 0 unspecified atom stereocenters. The molecule has 0 spiro atoms. The van der Waals surface area contributed by atoms with Crippen molar-refractivity contribution in [3.8, 4) is 5.75 Å². The maximum Gasteiger partial charge on any atom is 0.311 e. The van der Waals surface area contributed by atoms with E-state index in [1.54, 1.807) is 19.1 Å². The van der Waals surface area contributed by atoms with Crippen LogP contribution in [-0.2, 0) is 9.59 Å². The summed E-state index contributed by atoms with van der Waals surface area (Å²) in [4.78, 5) is 24.2. The Kier molecular flexibility index (Phi) is 9.56. The molecular formula is C24H32O3S. The summed E-state index contributed by atoms with van der Waals surface area (Å²) in [5.41, 5.74) is 1.79. The molecular weight excluding hydrogens is 368 g/mol. The Balaban J connectivity index is 1.77. The summed E-state index contributed by atoms with van der Waals surface area (Å²) in [6.07, 6.45) is 12.5. The smallest absolute Gasteiger partial charge is 0.311 e. The zero-order valence-electron chi connectivity index (χ0n) is 17.2. The second kappa shape index (κ2) is 11.9. The Bertz CT molecular complexity index is 697. The van der Waals surface area contributed by atoms with Crippen molar-refractivity contribution in [1.82, 2.24) is 0 Å². The molecule has 0 atom stereocenters. The number of carbonyl (C=O) groups is 2. The summed E-state index contributed by atoms with van der Waals surface area (Å²) in [7, 11) is 0. The van der Waals surface area contributed by atoms with Gasteiger partial charge in [-0.05, 0) is 48.6 Å². The molecule has 0 radical (unpaired) electrons. The topological polar surface area (TPSA) is 43.4 Å². The van der Waals surface area contributed by atoms with E-state index in [0.29, 0.717) is 12.2 Å². The van der Waals surface area contributed by atoms with Crippen molar-refractivity contribution < 1.29 is 14.3 Å². The first-order valence-corrected chi connectivity index (χ1v) is 11.1. The first kappa shape index (κ1) is 22.5. The molecule has 0 amide bonds. The molecule has 4 heteroatoms. The van der Waals surface area contributed by atoms with E-state index < -0.39 is 0 Å². The lowest BCUT2D eigenvalue weighted by Gasteiger charge is -2.21. The third kappa shape index (κ3) is 8.47. The monoisotopic (exact) mass is 400 g/mol. The molecule has 0 saturated heterocycles.